The number of nitrogens with one attached hydrogen (secondary N) is 2. The number of methoxy groups -OCH3 is 2. The molecule has 3 N–H and O–H groups in total. The van der Waals surface area contributed by atoms with Crippen LogP contribution in [0.25, 0.3) is 0 Å². The van der Waals surface area contributed by atoms with Gasteiger partial charge in [-0.15, -0.1) is 0 Å². The molecule has 200 valence electrons. The SMILES string of the molecule is CNC[C@H](CC(C)(C)OC)NC(=O)N1CCC[C@@H]([C@@](O)(CCCCOC)c2cccc(Cl)c2F)C1. The molecule has 3 atom stereocenters. The first kappa shape index (κ1) is 29.8. The summed E-state index contributed by atoms with van der Waals surface area (Å²) in [6.07, 6.45) is 3.82. The topological polar surface area (TPSA) is 83.1 Å². The van der Waals surface area contributed by atoms with Crippen molar-refractivity contribution in [3.8, 4) is 0 Å². The summed E-state index contributed by atoms with van der Waals surface area (Å²) in [6, 6.07) is 4.44. The fraction of sp³-hybridized carbons (Fsp3) is 0.731. The fourth-order valence-electron chi connectivity index (χ4n) is 4.95. The predicted octanol–water partition coefficient (Wildman–Crippen LogP) is 4.31. The van der Waals surface area contributed by atoms with Gasteiger partial charge in [-0.05, 0) is 65.5 Å². The number of likely N-dealkylation sites (tertiary alicyclic amines) is 1. The number of likely N-dealkylation sites (N-methyl/N-ethyl adjacent to an activating group) is 1. The Bertz CT molecular complexity index is 813. The molecule has 1 aliphatic heterocycles. The third kappa shape index (κ3) is 8.29. The fourth-order valence-corrected chi connectivity index (χ4v) is 5.13. The Balaban J connectivity index is 2.21. The van der Waals surface area contributed by atoms with Gasteiger partial charge < -0.3 is 30.1 Å². The Morgan fingerprint density at radius 3 is 2.74 bits per heavy atom. The van der Waals surface area contributed by atoms with Crippen molar-refractivity contribution < 1.29 is 23.8 Å². The molecule has 1 heterocycles. The molecule has 7 nitrogen and oxygen atoms in total. The van der Waals surface area contributed by atoms with Crippen LogP contribution in [0.4, 0.5) is 9.18 Å². The number of piperidine rings is 1. The highest BCUT2D eigenvalue weighted by atomic mass is 35.5. The summed E-state index contributed by atoms with van der Waals surface area (Å²) in [7, 11) is 5.14. The van der Waals surface area contributed by atoms with Crippen LogP contribution in [0.5, 0.6) is 0 Å². The first-order chi connectivity index (χ1) is 16.6. The van der Waals surface area contributed by atoms with E-state index >= 15 is 4.39 Å². The molecule has 1 fully saturated rings. The van der Waals surface area contributed by atoms with E-state index in [4.69, 9.17) is 21.1 Å². The number of urea groups is 1. The lowest BCUT2D eigenvalue weighted by Gasteiger charge is -2.43. The highest BCUT2D eigenvalue weighted by Crippen LogP contribution is 2.42. The standard InChI is InChI=1S/C26H43ClFN3O4/c1-25(2,35-5)16-20(17-29-3)30-24(32)31-14-9-10-19(18-31)26(33,13-6-7-15-34-4)21-11-8-12-22(27)23(21)28/h8,11-12,19-20,29,33H,6-7,9-10,13-18H2,1-5H3,(H,30,32)/t19-,20+,26+/m1/s1. The van der Waals surface area contributed by atoms with Crippen molar-refractivity contribution in [2.45, 2.75) is 69.6 Å². The summed E-state index contributed by atoms with van der Waals surface area (Å²) < 4.78 is 25.8. The summed E-state index contributed by atoms with van der Waals surface area (Å²) in [5, 5.41) is 18.2. The lowest BCUT2D eigenvalue weighted by atomic mass is 9.74. The molecule has 0 saturated carbocycles. The molecule has 9 heteroatoms. The van der Waals surface area contributed by atoms with Crippen molar-refractivity contribution in [1.82, 2.24) is 15.5 Å². The van der Waals surface area contributed by atoms with Gasteiger partial charge >= 0.3 is 6.03 Å². The summed E-state index contributed by atoms with van der Waals surface area (Å²) in [5.41, 5.74) is -1.62. The predicted molar refractivity (Wildman–Crippen MR) is 137 cm³/mol. The van der Waals surface area contributed by atoms with E-state index in [0.717, 1.165) is 12.8 Å². The largest absolute Gasteiger partial charge is 0.385 e. The molecule has 2 amide bonds. The third-order valence-corrected chi connectivity index (χ3v) is 7.32. The van der Waals surface area contributed by atoms with Crippen LogP contribution in [-0.4, -0.2) is 75.2 Å². The van der Waals surface area contributed by atoms with Crippen LogP contribution in [-0.2, 0) is 15.1 Å². The van der Waals surface area contributed by atoms with Crippen molar-refractivity contribution in [2.75, 3.05) is 47.5 Å². The number of unbranched alkanes of at least 4 members (excludes halogenated alkanes) is 1. The van der Waals surface area contributed by atoms with Crippen molar-refractivity contribution >= 4 is 17.6 Å². The van der Waals surface area contributed by atoms with Crippen molar-refractivity contribution in [3.05, 3.63) is 34.6 Å². The smallest absolute Gasteiger partial charge is 0.317 e. The molecule has 0 bridgehead atoms. The summed E-state index contributed by atoms with van der Waals surface area (Å²) in [5.74, 6) is -0.920. The van der Waals surface area contributed by atoms with Crippen molar-refractivity contribution in [1.29, 1.82) is 0 Å². The molecule has 0 spiro atoms. The third-order valence-electron chi connectivity index (χ3n) is 7.03. The van der Waals surface area contributed by atoms with Crippen LogP contribution < -0.4 is 10.6 Å². The molecule has 0 radical (unpaired) electrons. The average Bonchev–Trinajstić information content (AvgIpc) is 2.83. The van der Waals surface area contributed by atoms with Crippen LogP contribution in [0.15, 0.2) is 18.2 Å². The Kier molecular flexibility index (Phi) is 11.7. The van der Waals surface area contributed by atoms with Crippen LogP contribution in [0.2, 0.25) is 5.02 Å². The van der Waals surface area contributed by atoms with E-state index in [1.807, 2.05) is 20.9 Å². The monoisotopic (exact) mass is 515 g/mol. The highest BCUT2D eigenvalue weighted by Gasteiger charge is 2.43. The number of hydrogen-bond acceptors (Lipinski definition) is 5. The quantitative estimate of drug-likeness (QED) is 0.341. The van der Waals surface area contributed by atoms with Crippen molar-refractivity contribution in [2.24, 2.45) is 5.92 Å². The summed E-state index contributed by atoms with van der Waals surface area (Å²) in [6.45, 7) is 6.06. The highest BCUT2D eigenvalue weighted by molar-refractivity contribution is 6.30. The number of halogens is 2. The van der Waals surface area contributed by atoms with Crippen molar-refractivity contribution in [3.63, 3.8) is 0 Å². The molecular formula is C26H43ClFN3O4. The molecule has 35 heavy (non-hydrogen) atoms. The van der Waals surface area contributed by atoms with Gasteiger partial charge in [0, 0.05) is 58.0 Å². The van der Waals surface area contributed by atoms with E-state index in [9.17, 15) is 9.90 Å². The number of nitrogens with zero attached hydrogens (tertiary/aromatic N) is 1. The Morgan fingerprint density at radius 2 is 2.09 bits per heavy atom. The maximum atomic E-state index is 15.1. The second-order valence-electron chi connectivity index (χ2n) is 10.1. The molecule has 1 aliphatic rings. The zero-order valence-electron chi connectivity index (χ0n) is 21.8. The first-order valence-electron chi connectivity index (χ1n) is 12.5. The van der Waals surface area contributed by atoms with Crippen LogP contribution in [0, 0.1) is 11.7 Å². The Morgan fingerprint density at radius 1 is 1.34 bits per heavy atom. The summed E-state index contributed by atoms with van der Waals surface area (Å²) >= 11 is 6.08. The van der Waals surface area contributed by atoms with E-state index in [-0.39, 0.29) is 34.2 Å². The van der Waals surface area contributed by atoms with Gasteiger partial charge in [0.2, 0.25) is 0 Å². The van der Waals surface area contributed by atoms with Crippen LogP contribution >= 0.6 is 11.6 Å². The second kappa shape index (κ2) is 13.7. The van der Waals surface area contributed by atoms with E-state index in [1.165, 1.54) is 6.07 Å². The van der Waals surface area contributed by atoms with Gasteiger partial charge in [0.25, 0.3) is 0 Å². The van der Waals surface area contributed by atoms with E-state index in [0.29, 0.717) is 51.9 Å². The minimum absolute atomic E-state index is 0.0149. The van der Waals surface area contributed by atoms with Gasteiger partial charge in [-0.1, -0.05) is 23.7 Å². The number of ether oxygens (including phenoxy) is 2. The van der Waals surface area contributed by atoms with E-state index in [1.54, 1.807) is 31.3 Å². The number of benzene rings is 1. The van der Waals surface area contributed by atoms with E-state index in [2.05, 4.69) is 10.6 Å². The van der Waals surface area contributed by atoms with Gasteiger partial charge in [0.1, 0.15) is 5.82 Å². The molecule has 1 aromatic rings. The normalized spacial score (nSPS) is 19.3. The molecule has 1 saturated heterocycles. The first-order valence-corrected chi connectivity index (χ1v) is 12.9. The van der Waals surface area contributed by atoms with Gasteiger partial charge in [0.05, 0.1) is 16.2 Å². The molecular weight excluding hydrogens is 473 g/mol. The summed E-state index contributed by atoms with van der Waals surface area (Å²) in [4.78, 5) is 15.0. The van der Waals surface area contributed by atoms with E-state index < -0.39 is 11.4 Å². The van der Waals surface area contributed by atoms with Gasteiger partial charge in [-0.25, -0.2) is 9.18 Å². The Labute approximate surface area is 214 Å². The van der Waals surface area contributed by atoms with Gasteiger partial charge in [-0.2, -0.15) is 0 Å². The minimum Gasteiger partial charge on any atom is -0.385 e. The Hall–Kier alpha value is -1.45. The molecule has 0 aliphatic carbocycles. The van der Waals surface area contributed by atoms with Gasteiger partial charge in [0.15, 0.2) is 0 Å². The minimum atomic E-state index is -1.44. The number of rotatable bonds is 13. The lowest BCUT2D eigenvalue weighted by Crippen LogP contribution is -2.54. The molecule has 2 rings (SSSR count). The number of carbonyl (C=O) groups excluding carboxylic acids is 1. The number of carbonyl (C=O) groups is 1. The van der Waals surface area contributed by atoms with Crippen LogP contribution in [0.3, 0.4) is 0 Å². The zero-order valence-corrected chi connectivity index (χ0v) is 22.6. The maximum Gasteiger partial charge on any atom is 0.317 e. The maximum absolute atomic E-state index is 15.1. The number of amides is 2. The zero-order chi connectivity index (χ0) is 26.1. The van der Waals surface area contributed by atoms with Crippen LogP contribution in [0.1, 0.15) is 57.9 Å². The number of aliphatic hydroxyl groups is 1. The molecule has 1 aromatic carbocycles. The van der Waals surface area contributed by atoms with Gasteiger partial charge in [-0.3, -0.25) is 0 Å². The average molecular weight is 516 g/mol. The number of hydrogen-bond donors (Lipinski definition) is 3. The molecule has 0 unspecified atom stereocenters. The lowest BCUT2D eigenvalue weighted by molar-refractivity contribution is -0.0588. The second-order valence-corrected chi connectivity index (χ2v) is 10.5. The molecule has 0 aromatic heterocycles.